The molecule has 0 atom stereocenters. The van der Waals surface area contributed by atoms with Crippen LogP contribution in [0.5, 0.6) is 11.5 Å². The third-order valence-corrected chi connectivity index (χ3v) is 5.24. The molecule has 1 saturated heterocycles. The maximum Gasteiger partial charge on any atom is 0.191 e. The number of halogens is 1. The first-order valence-corrected chi connectivity index (χ1v) is 11.3. The number of benzene rings is 1. The average Bonchev–Trinajstić information content (AvgIpc) is 3.33. The van der Waals surface area contributed by atoms with Crippen LogP contribution in [-0.4, -0.2) is 50.8 Å². The Morgan fingerprint density at radius 3 is 2.38 bits per heavy atom. The van der Waals surface area contributed by atoms with Crippen LogP contribution in [0, 0.1) is 0 Å². The van der Waals surface area contributed by atoms with Gasteiger partial charge in [0.15, 0.2) is 17.5 Å². The van der Waals surface area contributed by atoms with E-state index < -0.39 is 0 Å². The number of hydrogen-bond donors (Lipinski definition) is 2. The monoisotopic (exact) mass is 553 g/mol. The van der Waals surface area contributed by atoms with Gasteiger partial charge in [0.2, 0.25) is 0 Å². The summed E-state index contributed by atoms with van der Waals surface area (Å²) in [5, 5.41) is 6.73. The van der Waals surface area contributed by atoms with Gasteiger partial charge in [-0.3, -0.25) is 4.99 Å². The lowest BCUT2D eigenvalue weighted by atomic mass is 10.1. The molecule has 1 aliphatic heterocycles. The molecular formula is C24H36IN5O2. The van der Waals surface area contributed by atoms with Crippen molar-refractivity contribution in [1.82, 2.24) is 15.6 Å². The molecule has 2 heterocycles. The molecule has 0 saturated carbocycles. The summed E-state index contributed by atoms with van der Waals surface area (Å²) in [7, 11) is 1.79. The van der Waals surface area contributed by atoms with Crippen LogP contribution >= 0.6 is 24.0 Å². The van der Waals surface area contributed by atoms with Gasteiger partial charge in [-0.1, -0.05) is 12.1 Å². The maximum atomic E-state index is 5.72. The predicted octanol–water partition coefficient (Wildman–Crippen LogP) is 4.00. The van der Waals surface area contributed by atoms with Gasteiger partial charge in [-0.25, -0.2) is 4.98 Å². The van der Waals surface area contributed by atoms with E-state index >= 15 is 0 Å². The normalized spacial score (nSPS) is 13.5. The Kier molecular flexibility index (Phi) is 11.4. The lowest BCUT2D eigenvalue weighted by Crippen LogP contribution is -2.37. The second-order valence-corrected chi connectivity index (χ2v) is 7.47. The van der Waals surface area contributed by atoms with Gasteiger partial charge in [0.25, 0.3) is 0 Å². The van der Waals surface area contributed by atoms with Gasteiger partial charge < -0.3 is 25.0 Å². The fourth-order valence-corrected chi connectivity index (χ4v) is 3.64. The van der Waals surface area contributed by atoms with Crippen LogP contribution in [0.3, 0.4) is 0 Å². The molecule has 0 aliphatic carbocycles. The van der Waals surface area contributed by atoms with Crippen LogP contribution in [0.1, 0.15) is 37.8 Å². The molecular weight excluding hydrogens is 517 g/mol. The molecule has 32 heavy (non-hydrogen) atoms. The van der Waals surface area contributed by atoms with Crippen LogP contribution < -0.4 is 25.0 Å². The second-order valence-electron chi connectivity index (χ2n) is 7.47. The van der Waals surface area contributed by atoms with Crippen molar-refractivity contribution in [2.24, 2.45) is 4.99 Å². The molecule has 2 aromatic rings. The Labute approximate surface area is 209 Å². The molecule has 1 aliphatic rings. The summed E-state index contributed by atoms with van der Waals surface area (Å²) >= 11 is 0. The van der Waals surface area contributed by atoms with Crippen molar-refractivity contribution in [1.29, 1.82) is 0 Å². The van der Waals surface area contributed by atoms with E-state index in [0.29, 0.717) is 19.8 Å². The maximum absolute atomic E-state index is 5.72. The first kappa shape index (κ1) is 26.0. The number of aliphatic imine (C=N–C) groups is 1. The largest absolute Gasteiger partial charge is 0.490 e. The summed E-state index contributed by atoms with van der Waals surface area (Å²) in [6.45, 7) is 8.88. The zero-order valence-electron chi connectivity index (χ0n) is 19.4. The fraction of sp³-hybridized carbons (Fsp3) is 0.500. The number of anilines is 1. The highest BCUT2D eigenvalue weighted by molar-refractivity contribution is 14.0. The summed E-state index contributed by atoms with van der Waals surface area (Å²) in [6.07, 6.45) is 5.33. The standard InChI is InChI=1S/C24H35N5O2.HI/c1-4-30-21-10-8-19(16-22(21)31-5-2)12-13-26-24(25-3)28-18-20-9-11-23(27-17-20)29-14-6-7-15-29;/h8-11,16-17H,4-7,12-15,18H2,1-3H3,(H2,25,26,28);1H. The van der Waals surface area contributed by atoms with Crippen LogP contribution in [0.15, 0.2) is 41.5 Å². The molecule has 3 rings (SSSR count). The minimum absolute atomic E-state index is 0. The zero-order valence-corrected chi connectivity index (χ0v) is 21.7. The van der Waals surface area contributed by atoms with Crippen LogP contribution in [0.2, 0.25) is 0 Å². The summed E-state index contributed by atoms with van der Waals surface area (Å²) in [6, 6.07) is 10.4. The van der Waals surface area contributed by atoms with Gasteiger partial charge >= 0.3 is 0 Å². The first-order chi connectivity index (χ1) is 15.2. The number of pyridine rings is 1. The van der Waals surface area contributed by atoms with E-state index in [1.807, 2.05) is 26.1 Å². The van der Waals surface area contributed by atoms with Crippen molar-refractivity contribution in [3.63, 3.8) is 0 Å². The van der Waals surface area contributed by atoms with Crippen LogP contribution in [-0.2, 0) is 13.0 Å². The number of rotatable bonds is 10. The van der Waals surface area contributed by atoms with Crippen LogP contribution in [0.25, 0.3) is 0 Å². The van der Waals surface area contributed by atoms with E-state index in [-0.39, 0.29) is 24.0 Å². The fourth-order valence-electron chi connectivity index (χ4n) is 3.64. The highest BCUT2D eigenvalue weighted by Gasteiger charge is 2.13. The molecule has 1 aromatic carbocycles. The van der Waals surface area contributed by atoms with Crippen molar-refractivity contribution >= 4 is 35.8 Å². The third kappa shape index (κ3) is 7.72. The molecule has 1 fully saturated rings. The summed E-state index contributed by atoms with van der Waals surface area (Å²) in [4.78, 5) is 11.3. The highest BCUT2D eigenvalue weighted by atomic mass is 127. The minimum atomic E-state index is 0. The molecule has 1 aromatic heterocycles. The summed E-state index contributed by atoms with van der Waals surface area (Å²) < 4.78 is 11.4. The Hall–Kier alpha value is -2.23. The van der Waals surface area contributed by atoms with Crippen molar-refractivity contribution in [2.75, 3.05) is 44.8 Å². The quantitative estimate of drug-likeness (QED) is 0.263. The lowest BCUT2D eigenvalue weighted by molar-refractivity contribution is 0.287. The van der Waals surface area contributed by atoms with Gasteiger partial charge in [0.1, 0.15) is 5.82 Å². The summed E-state index contributed by atoms with van der Waals surface area (Å²) in [5.41, 5.74) is 2.33. The molecule has 0 radical (unpaired) electrons. The lowest BCUT2D eigenvalue weighted by Gasteiger charge is -2.17. The van der Waals surface area contributed by atoms with Crippen molar-refractivity contribution in [2.45, 2.75) is 39.7 Å². The van der Waals surface area contributed by atoms with E-state index in [9.17, 15) is 0 Å². The van der Waals surface area contributed by atoms with Crippen LogP contribution in [0.4, 0.5) is 5.82 Å². The second kappa shape index (κ2) is 14.0. The smallest absolute Gasteiger partial charge is 0.191 e. The first-order valence-electron chi connectivity index (χ1n) is 11.3. The molecule has 8 heteroatoms. The predicted molar refractivity (Wildman–Crippen MR) is 142 cm³/mol. The number of guanidine groups is 1. The van der Waals surface area contributed by atoms with Crippen molar-refractivity contribution in [3.8, 4) is 11.5 Å². The minimum Gasteiger partial charge on any atom is -0.490 e. The molecule has 0 amide bonds. The number of nitrogens with one attached hydrogen (secondary N) is 2. The topological polar surface area (TPSA) is 71.0 Å². The van der Waals surface area contributed by atoms with Gasteiger partial charge in [-0.15, -0.1) is 24.0 Å². The number of hydrogen-bond acceptors (Lipinski definition) is 5. The van der Waals surface area contributed by atoms with E-state index in [2.05, 4.69) is 49.8 Å². The van der Waals surface area contributed by atoms with E-state index in [1.54, 1.807) is 7.05 Å². The van der Waals surface area contributed by atoms with E-state index in [1.165, 1.54) is 18.4 Å². The Morgan fingerprint density at radius 2 is 1.72 bits per heavy atom. The average molecular weight is 553 g/mol. The van der Waals surface area contributed by atoms with Gasteiger partial charge in [-0.2, -0.15) is 0 Å². The molecule has 0 spiro atoms. The van der Waals surface area contributed by atoms with Crippen molar-refractivity contribution in [3.05, 3.63) is 47.7 Å². The van der Waals surface area contributed by atoms with E-state index in [0.717, 1.165) is 54.9 Å². The SMILES string of the molecule is CCOc1ccc(CCNC(=NC)NCc2ccc(N3CCCC3)nc2)cc1OCC.I. The Bertz CT molecular complexity index is 839. The van der Waals surface area contributed by atoms with Gasteiger partial charge in [-0.05, 0) is 62.4 Å². The molecule has 2 N–H and O–H groups in total. The number of nitrogens with zero attached hydrogens (tertiary/aromatic N) is 3. The zero-order chi connectivity index (χ0) is 21.9. The Morgan fingerprint density at radius 1 is 1.00 bits per heavy atom. The third-order valence-electron chi connectivity index (χ3n) is 5.24. The summed E-state index contributed by atoms with van der Waals surface area (Å²) in [5.74, 6) is 3.45. The molecule has 176 valence electrons. The number of aromatic nitrogens is 1. The number of ether oxygens (including phenoxy) is 2. The Balaban J connectivity index is 0.00000363. The molecule has 0 bridgehead atoms. The molecule has 7 nitrogen and oxygen atoms in total. The highest BCUT2D eigenvalue weighted by Crippen LogP contribution is 2.28. The van der Waals surface area contributed by atoms with E-state index in [4.69, 9.17) is 9.47 Å². The van der Waals surface area contributed by atoms with Gasteiger partial charge in [0.05, 0.1) is 13.2 Å². The van der Waals surface area contributed by atoms with Gasteiger partial charge in [0, 0.05) is 39.4 Å². The van der Waals surface area contributed by atoms with Crippen molar-refractivity contribution < 1.29 is 9.47 Å². The molecule has 0 unspecified atom stereocenters.